The Hall–Kier alpha value is -1.06. The molecule has 40 heavy (non-hydrogen) atoms. The SMILES string of the molecule is CC(C)(C)[S@@](=O)N=Cc1cccc(OC(F)F)c1.C[C@H](N[S@](=O)C(C)(C)C)c1cccc(OC(F)F)c1.[Br-].[CH3-].[Mg+2]. The van der Waals surface area contributed by atoms with Crippen LogP contribution in [-0.2, 0) is 22.0 Å². The third-order valence-corrected chi connectivity index (χ3v) is 7.35. The molecular weight excluding hydrogens is 649 g/mol. The predicted octanol–water partition coefficient (Wildman–Crippen LogP) is 3.64. The van der Waals surface area contributed by atoms with E-state index in [0.717, 1.165) is 5.56 Å². The normalized spacial score (nSPS) is 13.6. The van der Waals surface area contributed by atoms with Crippen LogP contribution in [0.15, 0.2) is 52.9 Å². The van der Waals surface area contributed by atoms with E-state index in [1.807, 2.05) is 27.7 Å². The van der Waals surface area contributed by atoms with Gasteiger partial charge in [0.2, 0.25) is 0 Å². The molecular formula is C26H37BrF4MgN2O4S2. The summed E-state index contributed by atoms with van der Waals surface area (Å²) in [7, 11) is -2.60. The van der Waals surface area contributed by atoms with Gasteiger partial charge in [0.1, 0.15) is 22.5 Å². The molecule has 0 aliphatic carbocycles. The smallest absolute Gasteiger partial charge is 1.00 e. The van der Waals surface area contributed by atoms with Gasteiger partial charge in [-0.25, -0.2) is 13.1 Å². The van der Waals surface area contributed by atoms with Gasteiger partial charge in [-0.3, -0.25) is 0 Å². The summed E-state index contributed by atoms with van der Waals surface area (Å²) >= 11 is 0. The molecule has 2 aromatic carbocycles. The first-order valence-corrected chi connectivity index (χ1v) is 13.5. The van der Waals surface area contributed by atoms with E-state index in [9.17, 15) is 26.0 Å². The van der Waals surface area contributed by atoms with Gasteiger partial charge in [0.15, 0.2) is 0 Å². The molecule has 0 bridgehead atoms. The molecule has 3 atom stereocenters. The standard InChI is InChI=1S/C13H19F2NO2S.C12H15F2NO2S.CH3.BrH.Mg/c1-9(16-19(17)13(2,3)4)10-6-5-7-11(8-10)18-12(14)15;1-12(2,3)18(16)15-8-9-5-4-6-10(7-9)17-11(13)14;;;/h5-9,12,16H,1-4H3;4-8,11H,1-3H3;1H3;1H;/q;;-1;;+2/p-1/t9-,19+;18-;;;/m01.../s1. The molecule has 0 fully saturated rings. The minimum Gasteiger partial charge on any atom is -1.00 e. The predicted molar refractivity (Wildman–Crippen MR) is 153 cm³/mol. The fraction of sp³-hybridized carbons (Fsp3) is 0.462. The molecule has 0 unspecified atom stereocenters. The second kappa shape index (κ2) is 19.9. The molecule has 0 saturated heterocycles. The van der Waals surface area contributed by atoms with Gasteiger partial charge in [-0.2, -0.15) is 22.0 Å². The second-order valence-electron chi connectivity index (χ2n) is 9.72. The minimum atomic E-state index is -2.86. The van der Waals surface area contributed by atoms with E-state index in [-0.39, 0.29) is 69.7 Å². The van der Waals surface area contributed by atoms with E-state index in [4.69, 9.17) is 0 Å². The van der Waals surface area contributed by atoms with Crippen LogP contribution in [-0.4, -0.2) is 60.4 Å². The van der Waals surface area contributed by atoms with Gasteiger partial charge in [0.25, 0.3) is 0 Å². The van der Waals surface area contributed by atoms with Gasteiger partial charge >= 0.3 is 36.3 Å². The summed E-state index contributed by atoms with van der Waals surface area (Å²) in [6.07, 6.45) is 1.39. The Bertz CT molecular complexity index is 1090. The topological polar surface area (TPSA) is 77.0 Å². The monoisotopic (exact) mass is 684 g/mol. The second-order valence-corrected chi connectivity index (χ2v) is 13.7. The van der Waals surface area contributed by atoms with Gasteiger partial charge in [0, 0.05) is 12.3 Å². The molecule has 0 amide bonds. The van der Waals surface area contributed by atoms with E-state index in [1.54, 1.807) is 45.0 Å². The third-order valence-electron chi connectivity index (χ3n) is 4.33. The summed E-state index contributed by atoms with van der Waals surface area (Å²) in [4.78, 5) is 0. The average molecular weight is 686 g/mol. The van der Waals surface area contributed by atoms with E-state index >= 15 is 0 Å². The number of hydrogen-bond donors (Lipinski definition) is 1. The van der Waals surface area contributed by atoms with Crippen LogP contribution in [0.25, 0.3) is 0 Å². The van der Waals surface area contributed by atoms with Crippen LogP contribution in [0.5, 0.6) is 11.5 Å². The molecule has 2 aromatic rings. The van der Waals surface area contributed by atoms with Crippen molar-refractivity contribution in [1.82, 2.24) is 4.72 Å². The molecule has 14 heteroatoms. The fourth-order valence-corrected chi connectivity index (χ4v) is 3.75. The zero-order chi connectivity index (χ0) is 28.4. The molecule has 2 rings (SSSR count). The van der Waals surface area contributed by atoms with Crippen LogP contribution >= 0.6 is 0 Å². The molecule has 0 aliphatic rings. The maximum atomic E-state index is 12.1. The molecule has 0 aliphatic heterocycles. The fourth-order valence-electron chi connectivity index (χ4n) is 2.40. The van der Waals surface area contributed by atoms with Crippen LogP contribution in [0.2, 0.25) is 0 Å². The molecule has 6 nitrogen and oxygen atoms in total. The summed E-state index contributed by atoms with van der Waals surface area (Å²) in [5, 5.41) is 0. The Morgan fingerprint density at radius 3 is 1.77 bits per heavy atom. The zero-order valence-electron chi connectivity index (χ0n) is 23.9. The summed E-state index contributed by atoms with van der Waals surface area (Å²) in [5.41, 5.74) is 1.31. The van der Waals surface area contributed by atoms with Crippen LogP contribution in [0.3, 0.4) is 0 Å². The average Bonchev–Trinajstić information content (AvgIpc) is 2.76. The van der Waals surface area contributed by atoms with Crippen molar-refractivity contribution in [3.63, 3.8) is 0 Å². The van der Waals surface area contributed by atoms with Crippen molar-refractivity contribution in [3.8, 4) is 11.5 Å². The number of hydrogen-bond acceptors (Lipinski definition) is 4. The van der Waals surface area contributed by atoms with Crippen molar-refractivity contribution in [3.05, 3.63) is 67.1 Å². The molecule has 0 heterocycles. The summed E-state index contributed by atoms with van der Waals surface area (Å²) in [6, 6.07) is 12.2. The first-order chi connectivity index (χ1) is 17.0. The van der Waals surface area contributed by atoms with Gasteiger partial charge < -0.3 is 33.9 Å². The maximum absolute atomic E-state index is 12.1. The summed E-state index contributed by atoms with van der Waals surface area (Å²) in [6.45, 7) is 7.11. The minimum absolute atomic E-state index is 0. The Morgan fingerprint density at radius 2 is 1.32 bits per heavy atom. The molecule has 0 radical (unpaired) electrons. The van der Waals surface area contributed by atoms with Crippen LogP contribution in [0.1, 0.15) is 65.6 Å². The van der Waals surface area contributed by atoms with Gasteiger partial charge in [0.05, 0.1) is 20.5 Å². The molecule has 0 spiro atoms. The number of halogens is 5. The van der Waals surface area contributed by atoms with Gasteiger partial charge in [-0.15, -0.1) is 0 Å². The first-order valence-electron chi connectivity index (χ1n) is 11.2. The molecule has 0 aromatic heterocycles. The Kier molecular flexibility index (Phi) is 21.6. The third kappa shape index (κ3) is 17.7. The Morgan fingerprint density at radius 1 is 0.850 bits per heavy atom. The molecule has 224 valence electrons. The summed E-state index contributed by atoms with van der Waals surface area (Å²) in [5.74, 6) is 0.151. The quantitative estimate of drug-likeness (QED) is 0.190. The van der Waals surface area contributed by atoms with Crippen molar-refractivity contribution >= 4 is 51.2 Å². The van der Waals surface area contributed by atoms with Crippen LogP contribution < -0.4 is 31.2 Å². The number of ether oxygens (including phenoxy) is 2. The number of nitrogens with zero attached hydrogens (tertiary/aromatic N) is 1. The number of rotatable bonds is 9. The van der Waals surface area contributed by atoms with Crippen molar-refractivity contribution in [1.29, 1.82) is 0 Å². The largest absolute Gasteiger partial charge is 2.00 e. The van der Waals surface area contributed by atoms with Crippen LogP contribution in [0, 0.1) is 7.43 Å². The number of nitrogens with one attached hydrogen (secondary N) is 1. The Labute approximate surface area is 267 Å². The van der Waals surface area contributed by atoms with Crippen molar-refractivity contribution in [2.24, 2.45) is 4.40 Å². The van der Waals surface area contributed by atoms with Crippen LogP contribution in [0.4, 0.5) is 17.6 Å². The zero-order valence-corrected chi connectivity index (χ0v) is 28.6. The van der Waals surface area contributed by atoms with E-state index in [2.05, 4.69) is 18.6 Å². The van der Waals surface area contributed by atoms with Crippen molar-refractivity contribution in [2.75, 3.05) is 0 Å². The maximum Gasteiger partial charge on any atom is 2.00 e. The molecule has 1 N–H and O–H groups in total. The van der Waals surface area contributed by atoms with Gasteiger partial charge in [-0.05, 0) is 83.9 Å². The summed E-state index contributed by atoms with van der Waals surface area (Å²) < 4.78 is 86.5. The van der Waals surface area contributed by atoms with Crippen molar-refractivity contribution in [2.45, 2.75) is 77.2 Å². The van der Waals surface area contributed by atoms with E-state index in [1.165, 1.54) is 30.5 Å². The van der Waals surface area contributed by atoms with E-state index < -0.39 is 39.9 Å². The van der Waals surface area contributed by atoms with Gasteiger partial charge in [-0.1, -0.05) is 24.3 Å². The Balaban J connectivity index is -0.000000637. The van der Waals surface area contributed by atoms with Crippen molar-refractivity contribution < 1.29 is 52.4 Å². The number of benzene rings is 2. The number of alkyl halides is 4. The van der Waals surface area contributed by atoms with E-state index in [0.29, 0.717) is 5.56 Å². The first kappa shape index (κ1) is 43.4. The molecule has 0 saturated carbocycles.